The molecule has 0 aromatic carbocycles. The molecule has 0 aliphatic heterocycles. The van der Waals surface area contributed by atoms with E-state index in [9.17, 15) is 4.79 Å². The summed E-state index contributed by atoms with van der Waals surface area (Å²) in [6, 6.07) is 6.84. The van der Waals surface area contributed by atoms with Crippen molar-refractivity contribution in [3.8, 4) is 12.1 Å². The first kappa shape index (κ1) is 14.5. The number of pyridine rings is 1. The Morgan fingerprint density at radius 1 is 1.53 bits per heavy atom. The number of hydrogen-bond acceptors (Lipinski definition) is 5. The summed E-state index contributed by atoms with van der Waals surface area (Å²) in [7, 11) is 1.72. The quantitative estimate of drug-likeness (QED) is 0.842. The molecular weight excluding hydrogens is 242 g/mol. The number of anilines is 1. The minimum Gasteiger partial charge on any atom is -0.350 e. The molecule has 6 nitrogen and oxygen atoms in total. The van der Waals surface area contributed by atoms with Gasteiger partial charge >= 0.3 is 0 Å². The van der Waals surface area contributed by atoms with Gasteiger partial charge in [-0.1, -0.05) is 6.92 Å². The third-order valence-electron chi connectivity index (χ3n) is 2.55. The SMILES string of the molecule is CC[C@H](C#N)NC(=O)CN(C)c1ccc(C#N)cn1. The molecule has 0 spiro atoms. The Kier molecular flexibility index (Phi) is 5.31. The van der Waals surface area contributed by atoms with E-state index >= 15 is 0 Å². The van der Waals surface area contributed by atoms with Gasteiger partial charge in [-0.15, -0.1) is 0 Å². The van der Waals surface area contributed by atoms with Crippen molar-refractivity contribution >= 4 is 11.7 Å². The van der Waals surface area contributed by atoms with Crippen molar-refractivity contribution in [2.24, 2.45) is 0 Å². The zero-order valence-corrected chi connectivity index (χ0v) is 10.9. The second-order valence-electron chi connectivity index (χ2n) is 4.03. The molecule has 6 heteroatoms. The van der Waals surface area contributed by atoms with Gasteiger partial charge in [-0.2, -0.15) is 10.5 Å². The Morgan fingerprint density at radius 3 is 2.74 bits per heavy atom. The van der Waals surface area contributed by atoms with Gasteiger partial charge in [0, 0.05) is 13.2 Å². The molecule has 1 heterocycles. The predicted molar refractivity (Wildman–Crippen MR) is 70.1 cm³/mol. The van der Waals surface area contributed by atoms with Crippen molar-refractivity contribution in [2.75, 3.05) is 18.5 Å². The number of carbonyl (C=O) groups excluding carboxylic acids is 1. The highest BCUT2D eigenvalue weighted by atomic mass is 16.2. The van der Waals surface area contributed by atoms with Gasteiger partial charge in [0.2, 0.25) is 5.91 Å². The third-order valence-corrected chi connectivity index (χ3v) is 2.55. The van der Waals surface area contributed by atoms with Gasteiger partial charge < -0.3 is 10.2 Å². The summed E-state index contributed by atoms with van der Waals surface area (Å²) in [6.07, 6.45) is 2.02. The fourth-order valence-electron chi connectivity index (χ4n) is 1.44. The fourth-order valence-corrected chi connectivity index (χ4v) is 1.44. The first-order valence-electron chi connectivity index (χ1n) is 5.87. The molecular formula is C13H15N5O. The largest absolute Gasteiger partial charge is 0.350 e. The van der Waals surface area contributed by atoms with Crippen LogP contribution in [0.5, 0.6) is 0 Å². The maximum absolute atomic E-state index is 11.7. The molecule has 0 saturated carbocycles. The number of nitriles is 2. The Bertz CT molecular complexity index is 511. The molecule has 0 saturated heterocycles. The Labute approximate surface area is 112 Å². The molecule has 0 fully saturated rings. The van der Waals surface area contributed by atoms with Gasteiger partial charge in [0.25, 0.3) is 0 Å². The number of nitrogens with zero attached hydrogens (tertiary/aromatic N) is 4. The lowest BCUT2D eigenvalue weighted by molar-refractivity contribution is -0.120. The van der Waals surface area contributed by atoms with E-state index in [1.807, 2.05) is 19.1 Å². The van der Waals surface area contributed by atoms with Crippen molar-refractivity contribution < 1.29 is 4.79 Å². The van der Waals surface area contributed by atoms with E-state index in [-0.39, 0.29) is 12.5 Å². The lowest BCUT2D eigenvalue weighted by Gasteiger charge is -2.18. The van der Waals surface area contributed by atoms with Crippen LogP contribution in [0.1, 0.15) is 18.9 Å². The van der Waals surface area contributed by atoms with Gasteiger partial charge in [0.15, 0.2) is 0 Å². The van der Waals surface area contributed by atoms with Gasteiger partial charge in [0.05, 0.1) is 18.2 Å². The molecule has 0 bridgehead atoms. The zero-order valence-electron chi connectivity index (χ0n) is 10.9. The molecule has 0 radical (unpaired) electrons. The number of hydrogen-bond donors (Lipinski definition) is 1. The van der Waals surface area contributed by atoms with E-state index in [1.165, 1.54) is 6.20 Å². The van der Waals surface area contributed by atoms with E-state index in [1.54, 1.807) is 24.1 Å². The van der Waals surface area contributed by atoms with Crippen molar-refractivity contribution in [1.29, 1.82) is 10.5 Å². The van der Waals surface area contributed by atoms with Crippen LogP contribution in [0.25, 0.3) is 0 Å². The molecule has 1 N–H and O–H groups in total. The molecule has 1 aromatic rings. The van der Waals surface area contributed by atoms with Crippen LogP contribution in [0.2, 0.25) is 0 Å². The average molecular weight is 257 g/mol. The summed E-state index contributed by atoms with van der Waals surface area (Å²) >= 11 is 0. The monoisotopic (exact) mass is 257 g/mol. The van der Waals surface area contributed by atoms with Crippen molar-refractivity contribution in [3.63, 3.8) is 0 Å². The average Bonchev–Trinajstić information content (AvgIpc) is 2.44. The van der Waals surface area contributed by atoms with Gasteiger partial charge in [-0.05, 0) is 18.6 Å². The highest BCUT2D eigenvalue weighted by molar-refractivity contribution is 5.81. The Hall–Kier alpha value is -2.60. The zero-order chi connectivity index (χ0) is 14.3. The number of amides is 1. The van der Waals surface area contributed by atoms with E-state index in [4.69, 9.17) is 10.5 Å². The third kappa shape index (κ3) is 4.29. The van der Waals surface area contributed by atoms with Crippen LogP contribution in [0, 0.1) is 22.7 Å². The summed E-state index contributed by atoms with van der Waals surface area (Å²) in [4.78, 5) is 17.4. The summed E-state index contributed by atoms with van der Waals surface area (Å²) < 4.78 is 0. The molecule has 1 rings (SSSR count). The van der Waals surface area contributed by atoms with Crippen LogP contribution in [-0.2, 0) is 4.79 Å². The number of rotatable bonds is 5. The molecule has 0 aliphatic carbocycles. The summed E-state index contributed by atoms with van der Waals surface area (Å²) in [5.41, 5.74) is 0.470. The van der Waals surface area contributed by atoms with Crippen molar-refractivity contribution in [1.82, 2.24) is 10.3 Å². The number of carbonyl (C=O) groups is 1. The molecule has 1 atom stereocenters. The Balaban J connectivity index is 2.59. The van der Waals surface area contributed by atoms with Gasteiger partial charge in [-0.3, -0.25) is 4.79 Å². The van der Waals surface area contributed by atoms with Crippen LogP contribution in [0.15, 0.2) is 18.3 Å². The first-order chi connectivity index (χ1) is 9.10. The van der Waals surface area contributed by atoms with Gasteiger partial charge in [0.1, 0.15) is 17.9 Å². The van der Waals surface area contributed by atoms with Crippen molar-refractivity contribution in [3.05, 3.63) is 23.9 Å². The molecule has 0 unspecified atom stereocenters. The number of likely N-dealkylation sites (N-methyl/N-ethyl adjacent to an activating group) is 1. The second kappa shape index (κ2) is 6.97. The lowest BCUT2D eigenvalue weighted by Crippen LogP contribution is -2.40. The molecule has 98 valence electrons. The number of aromatic nitrogens is 1. The van der Waals surface area contributed by atoms with Crippen LogP contribution in [0.3, 0.4) is 0 Å². The smallest absolute Gasteiger partial charge is 0.240 e. The van der Waals surface area contributed by atoms with Crippen LogP contribution in [0.4, 0.5) is 5.82 Å². The second-order valence-corrected chi connectivity index (χ2v) is 4.03. The van der Waals surface area contributed by atoms with E-state index in [2.05, 4.69) is 10.3 Å². The fraction of sp³-hybridized carbons (Fsp3) is 0.385. The lowest BCUT2D eigenvalue weighted by atomic mass is 10.2. The summed E-state index contributed by atoms with van der Waals surface area (Å²) in [5, 5.41) is 20.0. The first-order valence-corrected chi connectivity index (χ1v) is 5.87. The Morgan fingerprint density at radius 2 is 2.26 bits per heavy atom. The normalized spacial score (nSPS) is 10.9. The highest BCUT2D eigenvalue weighted by Gasteiger charge is 2.12. The molecule has 1 aromatic heterocycles. The topological polar surface area (TPSA) is 92.8 Å². The minimum absolute atomic E-state index is 0.108. The highest BCUT2D eigenvalue weighted by Crippen LogP contribution is 2.08. The van der Waals surface area contributed by atoms with Crippen LogP contribution in [-0.4, -0.2) is 30.5 Å². The predicted octanol–water partition coefficient (Wildman–Crippen LogP) is 0.808. The van der Waals surface area contributed by atoms with Crippen LogP contribution < -0.4 is 10.2 Å². The van der Waals surface area contributed by atoms with E-state index in [0.29, 0.717) is 17.8 Å². The standard InChI is InChI=1S/C13H15N5O/c1-3-11(7-15)17-13(19)9-18(2)12-5-4-10(6-14)8-16-12/h4-5,8,11H,3,9H2,1-2H3,(H,17,19)/t11-/m1/s1. The van der Waals surface area contributed by atoms with Gasteiger partial charge in [-0.25, -0.2) is 4.98 Å². The van der Waals surface area contributed by atoms with E-state index in [0.717, 1.165) is 0 Å². The van der Waals surface area contributed by atoms with E-state index < -0.39 is 6.04 Å². The van der Waals surface area contributed by atoms with Crippen molar-refractivity contribution in [2.45, 2.75) is 19.4 Å². The molecule has 0 aliphatic rings. The summed E-state index contributed by atoms with van der Waals surface area (Å²) in [6.45, 7) is 1.94. The maximum Gasteiger partial charge on any atom is 0.240 e. The minimum atomic E-state index is -0.463. The summed E-state index contributed by atoms with van der Waals surface area (Å²) in [5.74, 6) is 0.362. The van der Waals surface area contributed by atoms with Crippen LogP contribution >= 0.6 is 0 Å². The molecule has 19 heavy (non-hydrogen) atoms. The molecule has 1 amide bonds. The number of nitrogens with one attached hydrogen (secondary N) is 1. The maximum atomic E-state index is 11.7.